The third kappa shape index (κ3) is 6.55. The number of nitrogens with zero attached hydrogens (tertiary/aromatic N) is 4. The molecule has 1 aliphatic heterocycles. The van der Waals surface area contributed by atoms with Gasteiger partial charge in [-0.05, 0) is 42.7 Å². The highest BCUT2D eigenvalue weighted by molar-refractivity contribution is 6.39. The van der Waals surface area contributed by atoms with Gasteiger partial charge in [-0.1, -0.05) is 55.2 Å². The molecule has 1 aromatic heterocycles. The summed E-state index contributed by atoms with van der Waals surface area (Å²) in [6.45, 7) is 7.94. The van der Waals surface area contributed by atoms with E-state index in [0.717, 1.165) is 43.0 Å². The highest BCUT2D eigenvalue weighted by Gasteiger charge is 2.22. The number of rotatable bonds is 7. The minimum Gasteiger partial charge on any atom is -0.368 e. The molecule has 7 nitrogen and oxygen atoms in total. The number of aromatic nitrogens is 2. The van der Waals surface area contributed by atoms with Crippen LogP contribution in [0.3, 0.4) is 0 Å². The molecule has 0 unspecified atom stereocenters. The molecule has 2 aromatic carbocycles. The molecule has 0 bridgehead atoms. The van der Waals surface area contributed by atoms with Crippen LogP contribution in [0.25, 0.3) is 11.3 Å². The summed E-state index contributed by atoms with van der Waals surface area (Å²) in [5.41, 5.74) is 3.49. The first kappa shape index (κ1) is 25.1. The van der Waals surface area contributed by atoms with Gasteiger partial charge in [0.1, 0.15) is 0 Å². The van der Waals surface area contributed by atoms with Crippen molar-refractivity contribution in [2.75, 3.05) is 48.3 Å². The van der Waals surface area contributed by atoms with Gasteiger partial charge in [0.25, 0.3) is 0 Å². The Morgan fingerprint density at radius 3 is 2.34 bits per heavy atom. The molecule has 9 heteroatoms. The Labute approximate surface area is 216 Å². The maximum atomic E-state index is 12.7. The van der Waals surface area contributed by atoms with E-state index in [1.807, 2.05) is 6.07 Å². The fourth-order valence-corrected chi connectivity index (χ4v) is 4.38. The van der Waals surface area contributed by atoms with E-state index >= 15 is 0 Å². The molecule has 3 aromatic rings. The zero-order valence-corrected chi connectivity index (χ0v) is 21.5. The molecule has 1 aliphatic rings. The highest BCUT2D eigenvalue weighted by Crippen LogP contribution is 2.30. The second-order valence-corrected chi connectivity index (χ2v) is 9.74. The number of para-hydroxylation sites is 1. The number of halogens is 2. The van der Waals surface area contributed by atoms with Crippen LogP contribution >= 0.6 is 23.2 Å². The molecule has 0 spiro atoms. The van der Waals surface area contributed by atoms with E-state index in [4.69, 9.17) is 23.2 Å². The lowest BCUT2D eigenvalue weighted by Gasteiger charge is -2.36. The van der Waals surface area contributed by atoms with Crippen molar-refractivity contribution in [1.82, 2.24) is 14.9 Å². The standard InChI is InChI=1S/C26H30Cl2N6O/c1-18(2)10-12-29-25-30-13-11-23(31-25)19-6-8-20(9-7-19)33-14-16-34(17-15-33)26(35)32-24-21(27)4-3-5-22(24)28/h3-9,11,13,18H,10,12,14-17H2,1-2H3,(H,32,35)(H,29,30,31). The summed E-state index contributed by atoms with van der Waals surface area (Å²) in [6.07, 6.45) is 2.86. The fourth-order valence-electron chi connectivity index (χ4n) is 3.89. The average molecular weight is 513 g/mol. The number of urea groups is 1. The highest BCUT2D eigenvalue weighted by atomic mass is 35.5. The zero-order valence-electron chi connectivity index (χ0n) is 20.0. The molecule has 1 fully saturated rings. The Morgan fingerprint density at radius 1 is 1.00 bits per heavy atom. The monoisotopic (exact) mass is 512 g/mol. The van der Waals surface area contributed by atoms with E-state index in [2.05, 4.69) is 63.6 Å². The van der Waals surface area contributed by atoms with E-state index in [1.54, 1.807) is 29.3 Å². The number of anilines is 3. The maximum Gasteiger partial charge on any atom is 0.322 e. The molecular formula is C26H30Cl2N6O. The van der Waals surface area contributed by atoms with Gasteiger partial charge in [-0.2, -0.15) is 0 Å². The van der Waals surface area contributed by atoms with Crippen LogP contribution in [0.5, 0.6) is 0 Å². The molecule has 184 valence electrons. The molecule has 0 radical (unpaired) electrons. The van der Waals surface area contributed by atoms with Crippen molar-refractivity contribution < 1.29 is 4.79 Å². The van der Waals surface area contributed by atoms with E-state index in [1.165, 1.54) is 0 Å². The van der Waals surface area contributed by atoms with Gasteiger partial charge in [-0.3, -0.25) is 0 Å². The minimum absolute atomic E-state index is 0.198. The van der Waals surface area contributed by atoms with Crippen molar-refractivity contribution in [3.8, 4) is 11.3 Å². The lowest BCUT2D eigenvalue weighted by atomic mass is 10.1. The van der Waals surface area contributed by atoms with Gasteiger partial charge in [0.15, 0.2) is 0 Å². The van der Waals surface area contributed by atoms with Crippen LogP contribution in [0.4, 0.5) is 22.1 Å². The van der Waals surface area contributed by atoms with E-state index < -0.39 is 0 Å². The fraction of sp³-hybridized carbons (Fsp3) is 0.346. The van der Waals surface area contributed by atoms with Gasteiger partial charge >= 0.3 is 6.03 Å². The summed E-state index contributed by atoms with van der Waals surface area (Å²) in [5, 5.41) is 6.99. The molecule has 1 saturated heterocycles. The molecule has 2 N–H and O–H groups in total. The summed E-state index contributed by atoms with van der Waals surface area (Å²) >= 11 is 12.4. The number of carbonyl (C=O) groups excluding carboxylic acids is 1. The maximum absolute atomic E-state index is 12.7. The van der Waals surface area contributed by atoms with Crippen LogP contribution in [-0.4, -0.2) is 53.6 Å². The first-order valence-corrected chi connectivity index (χ1v) is 12.6. The summed E-state index contributed by atoms with van der Waals surface area (Å²) < 4.78 is 0. The topological polar surface area (TPSA) is 73.4 Å². The number of piperazine rings is 1. The smallest absolute Gasteiger partial charge is 0.322 e. The molecular weight excluding hydrogens is 483 g/mol. The molecule has 0 saturated carbocycles. The summed E-state index contributed by atoms with van der Waals surface area (Å²) in [4.78, 5) is 25.7. The Kier molecular flexibility index (Phi) is 8.31. The average Bonchev–Trinajstić information content (AvgIpc) is 2.86. The van der Waals surface area contributed by atoms with Crippen molar-refractivity contribution >= 4 is 46.6 Å². The molecule has 2 amide bonds. The van der Waals surface area contributed by atoms with Crippen molar-refractivity contribution in [3.63, 3.8) is 0 Å². The largest absolute Gasteiger partial charge is 0.368 e. The number of amides is 2. The molecule has 35 heavy (non-hydrogen) atoms. The van der Waals surface area contributed by atoms with Crippen LogP contribution in [0.15, 0.2) is 54.7 Å². The Morgan fingerprint density at radius 2 is 1.69 bits per heavy atom. The first-order valence-electron chi connectivity index (χ1n) is 11.8. The predicted molar refractivity (Wildman–Crippen MR) is 145 cm³/mol. The van der Waals surface area contributed by atoms with Gasteiger partial charge in [0.05, 0.1) is 21.4 Å². The Bertz CT molecular complexity index is 1130. The Hall–Kier alpha value is -3.03. The van der Waals surface area contributed by atoms with Gasteiger partial charge in [-0.15, -0.1) is 0 Å². The normalized spacial score (nSPS) is 13.7. The number of hydrogen-bond donors (Lipinski definition) is 2. The van der Waals surface area contributed by atoms with Crippen molar-refractivity contribution in [1.29, 1.82) is 0 Å². The SMILES string of the molecule is CC(C)CCNc1nccc(-c2ccc(N3CCN(C(=O)Nc4c(Cl)cccc4Cl)CC3)cc2)n1. The van der Waals surface area contributed by atoms with Crippen LogP contribution < -0.4 is 15.5 Å². The van der Waals surface area contributed by atoms with Crippen LogP contribution in [-0.2, 0) is 0 Å². The quantitative estimate of drug-likeness (QED) is 0.390. The number of nitrogens with one attached hydrogen (secondary N) is 2. The third-order valence-corrected chi connectivity index (χ3v) is 6.58. The molecule has 0 atom stereocenters. The van der Waals surface area contributed by atoms with Crippen LogP contribution in [0.2, 0.25) is 10.0 Å². The first-order chi connectivity index (χ1) is 16.9. The van der Waals surface area contributed by atoms with E-state index in [0.29, 0.717) is 40.7 Å². The second kappa shape index (κ2) is 11.6. The van der Waals surface area contributed by atoms with Gasteiger partial charge in [0, 0.05) is 50.2 Å². The van der Waals surface area contributed by atoms with Crippen LogP contribution in [0, 0.1) is 5.92 Å². The lowest BCUT2D eigenvalue weighted by molar-refractivity contribution is 0.208. The van der Waals surface area contributed by atoms with E-state index in [-0.39, 0.29) is 6.03 Å². The van der Waals surface area contributed by atoms with Crippen molar-refractivity contribution in [2.24, 2.45) is 5.92 Å². The van der Waals surface area contributed by atoms with Crippen LogP contribution in [0.1, 0.15) is 20.3 Å². The van der Waals surface area contributed by atoms with Gasteiger partial charge in [-0.25, -0.2) is 14.8 Å². The van der Waals surface area contributed by atoms with Gasteiger partial charge in [0.2, 0.25) is 5.95 Å². The third-order valence-electron chi connectivity index (χ3n) is 5.95. The summed E-state index contributed by atoms with van der Waals surface area (Å²) in [6, 6.07) is 15.2. The zero-order chi connectivity index (χ0) is 24.8. The molecule has 2 heterocycles. The van der Waals surface area contributed by atoms with Crippen molar-refractivity contribution in [2.45, 2.75) is 20.3 Å². The number of benzene rings is 2. The van der Waals surface area contributed by atoms with Crippen molar-refractivity contribution in [3.05, 3.63) is 64.8 Å². The molecule has 4 rings (SSSR count). The lowest BCUT2D eigenvalue weighted by Crippen LogP contribution is -2.50. The summed E-state index contributed by atoms with van der Waals surface area (Å²) in [5.74, 6) is 1.29. The molecule has 0 aliphatic carbocycles. The number of carbonyl (C=O) groups is 1. The predicted octanol–water partition coefficient (Wildman–Crippen LogP) is 6.26. The minimum atomic E-state index is -0.198. The number of hydrogen-bond acceptors (Lipinski definition) is 5. The Balaban J connectivity index is 1.33. The summed E-state index contributed by atoms with van der Waals surface area (Å²) in [7, 11) is 0. The van der Waals surface area contributed by atoms with Gasteiger partial charge < -0.3 is 20.4 Å². The second-order valence-electron chi connectivity index (χ2n) is 8.92. The van der Waals surface area contributed by atoms with E-state index in [9.17, 15) is 4.79 Å².